The smallest absolute Gasteiger partial charge is 0.228 e. The standard InChI is InChI=1S/C19H19NOS/c21-17-13-19(11-12-19)14-22-18(15-7-3-1-4-8-15)20(17)16-9-5-2-6-10-16/h1-10,18H,11-14H2. The monoisotopic (exact) mass is 309 g/mol. The summed E-state index contributed by atoms with van der Waals surface area (Å²) in [7, 11) is 0. The number of carbonyl (C=O) groups excluding carboxylic acids is 1. The van der Waals surface area contributed by atoms with Gasteiger partial charge in [0.05, 0.1) is 0 Å². The van der Waals surface area contributed by atoms with E-state index in [-0.39, 0.29) is 16.7 Å². The molecule has 0 radical (unpaired) electrons. The summed E-state index contributed by atoms with van der Waals surface area (Å²) in [5.41, 5.74) is 2.49. The fourth-order valence-corrected chi connectivity index (χ4v) is 4.79. The van der Waals surface area contributed by atoms with Crippen LogP contribution in [0.15, 0.2) is 60.7 Å². The normalized spacial score (nSPS) is 23.4. The van der Waals surface area contributed by atoms with Gasteiger partial charge in [-0.05, 0) is 36.0 Å². The quantitative estimate of drug-likeness (QED) is 0.806. The van der Waals surface area contributed by atoms with E-state index in [9.17, 15) is 4.79 Å². The first-order valence-electron chi connectivity index (χ1n) is 7.81. The van der Waals surface area contributed by atoms with Crippen molar-refractivity contribution in [1.29, 1.82) is 0 Å². The van der Waals surface area contributed by atoms with Crippen LogP contribution in [0.5, 0.6) is 0 Å². The van der Waals surface area contributed by atoms with Crippen molar-refractivity contribution < 1.29 is 4.79 Å². The summed E-state index contributed by atoms with van der Waals surface area (Å²) in [5.74, 6) is 1.35. The number of amides is 1. The molecule has 0 N–H and O–H groups in total. The zero-order chi connectivity index (χ0) is 15.0. The van der Waals surface area contributed by atoms with E-state index in [1.165, 1.54) is 18.4 Å². The summed E-state index contributed by atoms with van der Waals surface area (Å²) < 4.78 is 0. The highest BCUT2D eigenvalue weighted by atomic mass is 32.2. The Kier molecular flexibility index (Phi) is 3.45. The van der Waals surface area contributed by atoms with Crippen LogP contribution in [-0.4, -0.2) is 11.7 Å². The van der Waals surface area contributed by atoms with Crippen LogP contribution in [0, 0.1) is 5.41 Å². The molecule has 1 saturated carbocycles. The van der Waals surface area contributed by atoms with Gasteiger partial charge in [0.2, 0.25) is 5.91 Å². The molecule has 1 heterocycles. The molecule has 1 amide bonds. The highest BCUT2D eigenvalue weighted by Crippen LogP contribution is 2.56. The molecule has 2 aromatic carbocycles. The van der Waals surface area contributed by atoms with E-state index < -0.39 is 0 Å². The molecular weight excluding hydrogens is 290 g/mol. The molecule has 0 bridgehead atoms. The van der Waals surface area contributed by atoms with Gasteiger partial charge in [0.25, 0.3) is 0 Å². The Labute approximate surface area is 135 Å². The number of rotatable bonds is 2. The number of thioether (sulfide) groups is 1. The maximum absolute atomic E-state index is 13.0. The molecule has 2 aliphatic rings. The maximum Gasteiger partial charge on any atom is 0.228 e. The minimum Gasteiger partial charge on any atom is -0.296 e. The van der Waals surface area contributed by atoms with Crippen LogP contribution in [0.2, 0.25) is 0 Å². The van der Waals surface area contributed by atoms with Gasteiger partial charge in [-0.3, -0.25) is 9.69 Å². The Balaban J connectivity index is 1.76. The number of para-hydroxylation sites is 1. The maximum atomic E-state index is 13.0. The fraction of sp³-hybridized carbons (Fsp3) is 0.316. The van der Waals surface area contributed by atoms with Crippen LogP contribution < -0.4 is 4.90 Å². The predicted octanol–water partition coefficient (Wildman–Crippen LogP) is 4.64. The lowest BCUT2D eigenvalue weighted by atomic mass is 10.0. The van der Waals surface area contributed by atoms with Crippen LogP contribution in [0.25, 0.3) is 0 Å². The topological polar surface area (TPSA) is 20.3 Å². The Morgan fingerprint density at radius 1 is 0.955 bits per heavy atom. The number of hydrogen-bond acceptors (Lipinski definition) is 2. The van der Waals surface area contributed by atoms with E-state index in [1.54, 1.807) is 0 Å². The summed E-state index contributed by atoms with van der Waals surface area (Å²) in [5, 5.41) is 0.0797. The SMILES string of the molecule is O=C1CC2(CC2)CSC(c2ccccc2)N1c1ccccc1. The molecule has 1 aliphatic carbocycles. The van der Waals surface area contributed by atoms with Gasteiger partial charge in [0.1, 0.15) is 5.37 Å². The largest absolute Gasteiger partial charge is 0.296 e. The van der Waals surface area contributed by atoms with Crippen LogP contribution >= 0.6 is 11.8 Å². The van der Waals surface area contributed by atoms with Gasteiger partial charge in [-0.15, -0.1) is 11.8 Å². The summed E-state index contributed by atoms with van der Waals surface area (Å²) in [4.78, 5) is 15.0. The average Bonchev–Trinajstić information content (AvgIpc) is 3.34. The van der Waals surface area contributed by atoms with E-state index >= 15 is 0 Å². The van der Waals surface area contributed by atoms with Crippen molar-refractivity contribution in [3.8, 4) is 0 Å². The van der Waals surface area contributed by atoms with Crippen LogP contribution in [-0.2, 0) is 4.79 Å². The van der Waals surface area contributed by atoms with Crippen molar-refractivity contribution in [3.63, 3.8) is 0 Å². The number of nitrogens with zero attached hydrogens (tertiary/aromatic N) is 1. The molecule has 2 nitrogen and oxygen atoms in total. The molecule has 1 spiro atoms. The zero-order valence-electron chi connectivity index (χ0n) is 12.4. The molecule has 1 saturated heterocycles. The lowest BCUT2D eigenvalue weighted by molar-refractivity contribution is -0.119. The summed E-state index contributed by atoms with van der Waals surface area (Å²) in [6, 6.07) is 20.5. The second-order valence-corrected chi connectivity index (χ2v) is 7.42. The number of hydrogen-bond donors (Lipinski definition) is 0. The predicted molar refractivity (Wildman–Crippen MR) is 91.9 cm³/mol. The molecule has 22 heavy (non-hydrogen) atoms. The van der Waals surface area contributed by atoms with Crippen LogP contribution in [0.3, 0.4) is 0 Å². The zero-order valence-corrected chi connectivity index (χ0v) is 13.3. The van der Waals surface area contributed by atoms with Crippen molar-refractivity contribution in [2.45, 2.75) is 24.6 Å². The summed E-state index contributed by atoms with van der Waals surface area (Å²) in [6.07, 6.45) is 3.10. The molecule has 2 fully saturated rings. The Morgan fingerprint density at radius 3 is 2.23 bits per heavy atom. The van der Waals surface area contributed by atoms with E-state index in [0.717, 1.165) is 11.4 Å². The summed E-state index contributed by atoms with van der Waals surface area (Å²) >= 11 is 1.92. The van der Waals surface area contributed by atoms with Crippen molar-refractivity contribution in [1.82, 2.24) is 0 Å². The van der Waals surface area contributed by atoms with Gasteiger partial charge < -0.3 is 0 Å². The molecule has 4 rings (SSSR count). The Hall–Kier alpha value is -1.74. The summed E-state index contributed by atoms with van der Waals surface area (Å²) in [6.45, 7) is 0. The minimum atomic E-state index is 0.0797. The van der Waals surface area contributed by atoms with Crippen LogP contribution in [0.1, 0.15) is 30.2 Å². The Morgan fingerprint density at radius 2 is 1.59 bits per heavy atom. The molecule has 1 aliphatic heterocycles. The van der Waals surface area contributed by atoms with Gasteiger partial charge in [-0.25, -0.2) is 0 Å². The van der Waals surface area contributed by atoms with Crippen molar-refractivity contribution in [2.75, 3.05) is 10.7 Å². The van der Waals surface area contributed by atoms with E-state index in [0.29, 0.717) is 6.42 Å². The highest BCUT2D eigenvalue weighted by Gasteiger charge is 2.48. The fourth-order valence-electron chi connectivity index (χ4n) is 3.15. The lowest BCUT2D eigenvalue weighted by Gasteiger charge is -2.30. The third kappa shape index (κ3) is 2.54. The third-order valence-electron chi connectivity index (χ3n) is 4.65. The molecule has 1 unspecified atom stereocenters. The first kappa shape index (κ1) is 13.9. The van der Waals surface area contributed by atoms with E-state index in [4.69, 9.17) is 0 Å². The first-order chi connectivity index (χ1) is 10.8. The third-order valence-corrected chi connectivity index (χ3v) is 6.23. The molecule has 2 aromatic rings. The number of anilines is 1. The second-order valence-electron chi connectivity index (χ2n) is 6.35. The highest BCUT2D eigenvalue weighted by molar-refractivity contribution is 7.99. The molecular formula is C19H19NOS. The van der Waals surface area contributed by atoms with Crippen molar-refractivity contribution in [3.05, 3.63) is 66.2 Å². The Bertz CT molecular complexity index is 666. The minimum absolute atomic E-state index is 0.0797. The van der Waals surface area contributed by atoms with Gasteiger partial charge in [-0.2, -0.15) is 0 Å². The molecule has 0 aromatic heterocycles. The number of carbonyl (C=O) groups is 1. The van der Waals surface area contributed by atoms with Gasteiger partial charge >= 0.3 is 0 Å². The van der Waals surface area contributed by atoms with E-state index in [2.05, 4.69) is 24.3 Å². The van der Waals surface area contributed by atoms with Gasteiger partial charge in [0.15, 0.2) is 0 Å². The second kappa shape index (κ2) is 5.47. The first-order valence-corrected chi connectivity index (χ1v) is 8.86. The van der Waals surface area contributed by atoms with Crippen molar-refractivity contribution >= 4 is 23.4 Å². The lowest BCUT2D eigenvalue weighted by Crippen LogP contribution is -2.32. The van der Waals surface area contributed by atoms with Gasteiger partial charge in [0, 0.05) is 17.9 Å². The molecule has 1 atom stereocenters. The molecule has 3 heteroatoms. The average molecular weight is 309 g/mol. The van der Waals surface area contributed by atoms with Crippen LogP contribution in [0.4, 0.5) is 5.69 Å². The molecule has 112 valence electrons. The van der Waals surface area contributed by atoms with Gasteiger partial charge in [-0.1, -0.05) is 48.5 Å². The van der Waals surface area contributed by atoms with Crippen molar-refractivity contribution in [2.24, 2.45) is 5.41 Å². The number of benzene rings is 2. The van der Waals surface area contributed by atoms with E-state index in [1.807, 2.05) is 53.1 Å².